The van der Waals surface area contributed by atoms with Crippen LogP contribution in [0.2, 0.25) is 0 Å². The fourth-order valence-electron chi connectivity index (χ4n) is 2.01. The van der Waals surface area contributed by atoms with Gasteiger partial charge in [0.25, 0.3) is 0 Å². The molecule has 0 aromatic rings. The van der Waals surface area contributed by atoms with Crippen molar-refractivity contribution in [3.05, 3.63) is 0 Å². The highest BCUT2D eigenvalue weighted by molar-refractivity contribution is 4.49. The normalized spacial score (nSPS) is 12.0. The lowest BCUT2D eigenvalue weighted by molar-refractivity contribution is -0.904. The first-order valence-corrected chi connectivity index (χ1v) is 7.17. The van der Waals surface area contributed by atoms with E-state index in [2.05, 4.69) is 6.92 Å². The van der Waals surface area contributed by atoms with Gasteiger partial charge in [0.05, 0.1) is 0 Å². The summed E-state index contributed by atoms with van der Waals surface area (Å²) in [5.74, 6) is -3.21. The third-order valence-electron chi connectivity index (χ3n) is 3.09. The van der Waals surface area contributed by atoms with Crippen LogP contribution in [0.15, 0.2) is 0 Å². The fraction of sp³-hybridized carbons (Fsp3) is 1.00. The molecule has 0 aliphatic carbocycles. The Kier molecular flexibility index (Phi) is 10.9. The molecule has 0 atom stereocenters. The molecule has 0 heterocycles. The summed E-state index contributed by atoms with van der Waals surface area (Å²) in [6, 6.07) is 0. The van der Waals surface area contributed by atoms with E-state index >= 15 is 0 Å². The summed E-state index contributed by atoms with van der Waals surface area (Å²) in [5, 5.41) is 30.8. The summed E-state index contributed by atoms with van der Waals surface area (Å²) in [6.45, 7) is 2.22. The molecule has 3 heteroatoms. The molecule has 0 bridgehead atoms. The van der Waals surface area contributed by atoms with E-state index < -0.39 is 5.97 Å². The van der Waals surface area contributed by atoms with E-state index in [9.17, 15) is 15.3 Å². The number of rotatable bonds is 12. The molecule has 3 nitrogen and oxygen atoms in total. The van der Waals surface area contributed by atoms with Crippen molar-refractivity contribution >= 4 is 0 Å². The monoisotopic (exact) mass is 243 g/mol. The molecule has 0 aliphatic rings. The van der Waals surface area contributed by atoms with Gasteiger partial charge < -0.3 is 21.3 Å². The zero-order valence-electron chi connectivity index (χ0n) is 11.2. The van der Waals surface area contributed by atoms with E-state index in [4.69, 9.17) is 0 Å². The summed E-state index contributed by atoms with van der Waals surface area (Å²) < 4.78 is 0. The zero-order chi connectivity index (χ0) is 13.0. The molecule has 0 amide bonds. The predicted molar refractivity (Wildman–Crippen MR) is 63.8 cm³/mol. The van der Waals surface area contributed by atoms with Crippen molar-refractivity contribution in [1.82, 2.24) is 0 Å². The molecule has 0 aliphatic heterocycles. The Balaban J connectivity index is 2.99. The molecule has 0 N–H and O–H groups in total. The topological polar surface area (TPSA) is 69.2 Å². The van der Waals surface area contributed by atoms with Crippen LogP contribution in [0.5, 0.6) is 0 Å². The summed E-state index contributed by atoms with van der Waals surface area (Å²) in [4.78, 5) is 0. The van der Waals surface area contributed by atoms with Gasteiger partial charge in [-0.1, -0.05) is 84.0 Å². The van der Waals surface area contributed by atoms with Crippen molar-refractivity contribution < 1.29 is 15.3 Å². The second-order valence-electron chi connectivity index (χ2n) is 4.97. The lowest BCUT2D eigenvalue weighted by atomic mass is 10.1. The van der Waals surface area contributed by atoms with E-state index in [0.29, 0.717) is 6.42 Å². The Labute approximate surface area is 106 Å². The SMILES string of the molecule is CCCCCCCCCCCCCC([O-])([O-])[O-]. The smallest absolute Gasteiger partial charge is 0.0533 e. The summed E-state index contributed by atoms with van der Waals surface area (Å²) in [5.41, 5.74) is 0. The highest BCUT2D eigenvalue weighted by Crippen LogP contribution is 2.12. The van der Waals surface area contributed by atoms with Crippen molar-refractivity contribution in [2.75, 3.05) is 0 Å². The van der Waals surface area contributed by atoms with Gasteiger partial charge in [0, 0.05) is 0 Å². The molecular weight excluding hydrogens is 216 g/mol. The molecule has 0 saturated carbocycles. The summed E-state index contributed by atoms with van der Waals surface area (Å²) in [6.07, 6.45) is 12.5. The quantitative estimate of drug-likeness (QED) is 0.384. The Morgan fingerprint density at radius 1 is 0.588 bits per heavy atom. The van der Waals surface area contributed by atoms with Gasteiger partial charge in [0.2, 0.25) is 0 Å². The molecule has 104 valence electrons. The minimum absolute atomic E-state index is 0.274. The maximum absolute atomic E-state index is 10.3. The van der Waals surface area contributed by atoms with Gasteiger partial charge >= 0.3 is 0 Å². The second kappa shape index (κ2) is 11.0. The lowest BCUT2D eigenvalue weighted by Gasteiger charge is -2.58. The predicted octanol–water partition coefficient (Wildman–Crippen LogP) is 1.42. The Morgan fingerprint density at radius 2 is 0.941 bits per heavy atom. The molecule has 0 saturated heterocycles. The molecule has 0 unspecified atom stereocenters. The van der Waals surface area contributed by atoms with E-state index in [1.165, 1.54) is 44.9 Å². The van der Waals surface area contributed by atoms with Gasteiger partial charge in [0.15, 0.2) is 0 Å². The van der Waals surface area contributed by atoms with Crippen molar-refractivity contribution in [3.63, 3.8) is 0 Å². The van der Waals surface area contributed by atoms with Crippen LogP contribution in [-0.2, 0) is 0 Å². The van der Waals surface area contributed by atoms with E-state index in [0.717, 1.165) is 19.3 Å². The molecule has 0 radical (unpaired) electrons. The number of hydrogen-bond acceptors (Lipinski definition) is 3. The van der Waals surface area contributed by atoms with Crippen molar-refractivity contribution in [2.24, 2.45) is 0 Å². The molecular formula is C14H27O3-3. The standard InChI is InChI=1S/C14H27O3/c1-2-3-4-5-6-7-8-9-10-11-12-13-14(15,16)17/h2-13H2,1H3/q-3. The van der Waals surface area contributed by atoms with E-state index in [1.807, 2.05) is 0 Å². The minimum Gasteiger partial charge on any atom is -0.876 e. The summed E-state index contributed by atoms with van der Waals surface area (Å²) in [7, 11) is 0. The first-order valence-electron chi connectivity index (χ1n) is 7.17. The van der Waals surface area contributed by atoms with Gasteiger partial charge in [-0.3, -0.25) is 0 Å². The van der Waals surface area contributed by atoms with Gasteiger partial charge in [-0.05, 0) is 0 Å². The molecule has 0 aromatic carbocycles. The van der Waals surface area contributed by atoms with Gasteiger partial charge in [-0.15, -0.1) is 0 Å². The lowest BCUT2D eigenvalue weighted by Crippen LogP contribution is -2.66. The highest BCUT2D eigenvalue weighted by atomic mass is 16.7. The van der Waals surface area contributed by atoms with Gasteiger partial charge in [-0.2, -0.15) is 0 Å². The van der Waals surface area contributed by atoms with Crippen LogP contribution in [0.25, 0.3) is 0 Å². The number of hydrogen-bond donors (Lipinski definition) is 0. The largest absolute Gasteiger partial charge is 0.876 e. The first kappa shape index (κ1) is 16.9. The third-order valence-corrected chi connectivity index (χ3v) is 3.09. The second-order valence-corrected chi connectivity index (χ2v) is 4.97. The van der Waals surface area contributed by atoms with Crippen LogP contribution >= 0.6 is 0 Å². The Bertz CT molecular complexity index is 152. The maximum atomic E-state index is 10.3. The fourth-order valence-corrected chi connectivity index (χ4v) is 2.01. The van der Waals surface area contributed by atoms with Crippen LogP contribution in [-0.4, -0.2) is 5.97 Å². The van der Waals surface area contributed by atoms with Crippen molar-refractivity contribution in [2.45, 2.75) is 89.9 Å². The Morgan fingerprint density at radius 3 is 1.29 bits per heavy atom. The highest BCUT2D eigenvalue weighted by Gasteiger charge is 1.93. The average Bonchev–Trinajstić information content (AvgIpc) is 2.24. The molecule has 0 rings (SSSR count). The zero-order valence-corrected chi connectivity index (χ0v) is 11.2. The summed E-state index contributed by atoms with van der Waals surface area (Å²) >= 11 is 0. The van der Waals surface area contributed by atoms with Gasteiger partial charge in [0.1, 0.15) is 0 Å². The third kappa shape index (κ3) is 15.9. The van der Waals surface area contributed by atoms with Crippen LogP contribution in [0.1, 0.15) is 84.0 Å². The van der Waals surface area contributed by atoms with Crippen LogP contribution in [0, 0.1) is 0 Å². The van der Waals surface area contributed by atoms with E-state index in [1.54, 1.807) is 0 Å². The van der Waals surface area contributed by atoms with Crippen molar-refractivity contribution in [3.8, 4) is 0 Å². The van der Waals surface area contributed by atoms with Crippen LogP contribution in [0.3, 0.4) is 0 Å². The van der Waals surface area contributed by atoms with E-state index in [-0.39, 0.29) is 6.42 Å². The molecule has 0 aromatic heterocycles. The van der Waals surface area contributed by atoms with Gasteiger partial charge in [-0.25, -0.2) is 0 Å². The van der Waals surface area contributed by atoms with Crippen LogP contribution < -0.4 is 15.3 Å². The molecule has 0 fully saturated rings. The first-order chi connectivity index (χ1) is 8.06. The minimum atomic E-state index is -3.21. The molecule has 0 spiro atoms. The Hall–Kier alpha value is -0.120. The van der Waals surface area contributed by atoms with Crippen LogP contribution in [0.4, 0.5) is 0 Å². The number of unbranched alkanes of at least 4 members (excludes halogenated alkanes) is 10. The van der Waals surface area contributed by atoms with Crippen molar-refractivity contribution in [1.29, 1.82) is 0 Å². The molecule has 17 heavy (non-hydrogen) atoms. The maximum Gasteiger partial charge on any atom is -0.0533 e. The average molecular weight is 243 g/mol.